The van der Waals surface area contributed by atoms with Crippen LogP contribution in [-0.4, -0.2) is 127 Å². The van der Waals surface area contributed by atoms with Crippen molar-refractivity contribution in [2.45, 2.75) is 147 Å². The first-order valence-electron chi connectivity index (χ1n) is 20.5. The number of fused-ring (bicyclic) bond motifs is 2. The van der Waals surface area contributed by atoms with Crippen LogP contribution in [0.4, 0.5) is 0 Å². The highest BCUT2D eigenvalue weighted by Crippen LogP contribution is 2.72. The highest BCUT2D eigenvalue weighted by Gasteiger charge is 2.75. The van der Waals surface area contributed by atoms with Crippen molar-refractivity contribution in [3.8, 4) is 0 Å². The van der Waals surface area contributed by atoms with Crippen molar-refractivity contribution in [2.75, 3.05) is 34.9 Å². The molecule has 0 spiro atoms. The smallest absolute Gasteiger partial charge is 0.245 e. The summed E-state index contributed by atoms with van der Waals surface area (Å²) in [4.78, 5) is 74.5. The second-order valence-electron chi connectivity index (χ2n) is 17.6. The maximum atomic E-state index is 14.4. The zero-order valence-electron chi connectivity index (χ0n) is 34.9. The van der Waals surface area contributed by atoms with Gasteiger partial charge in [-0.15, -0.1) is 0 Å². The van der Waals surface area contributed by atoms with E-state index in [0.29, 0.717) is 19.4 Å². The monoisotopic (exact) mass is 766 g/mol. The first-order valence-corrected chi connectivity index (χ1v) is 20.5. The number of benzene rings is 1. The number of likely N-dealkylation sites (tertiary alicyclic amines) is 1. The predicted octanol–water partition coefficient (Wildman–Crippen LogP) is 3.99. The molecule has 1 aromatic rings. The fraction of sp³-hybridized carbons (Fsp3) is 0.744. The number of hydrogen-bond acceptors (Lipinski definition) is 8. The third-order valence-electron chi connectivity index (χ3n) is 14.0. The van der Waals surface area contributed by atoms with Crippen LogP contribution in [0.15, 0.2) is 30.3 Å². The summed E-state index contributed by atoms with van der Waals surface area (Å²) >= 11 is 0. The summed E-state index contributed by atoms with van der Waals surface area (Å²) in [6, 6.07) is 7.19. The fourth-order valence-electron chi connectivity index (χ4n) is 10.7. The molecule has 0 aromatic heterocycles. The number of hydrogen-bond donors (Lipinski definition) is 2. The number of ether oxygens (including phenoxy) is 2. The van der Waals surface area contributed by atoms with E-state index in [2.05, 4.69) is 36.4 Å². The Morgan fingerprint density at radius 3 is 2.20 bits per heavy atom. The number of methoxy groups -OCH3 is 2. The molecule has 7 rings (SSSR count). The molecule has 12 heteroatoms. The average molecular weight is 766 g/mol. The fourth-order valence-corrected chi connectivity index (χ4v) is 10.7. The molecule has 4 amide bonds. The SMILES string of the molecule is CC[C@H](C)[C@@H]([C@@H](CC(=O)N1CCC[C@H]1[C@H](OC)[C@@H](C)C(=O)N[C@@H](Cc1ccccc1)C(C)=O)OC)N(C)C(=O)[C@@H](NC(=O)[C@H]1N(C)C23CCC1(C2)C3)C(C)C. The van der Waals surface area contributed by atoms with E-state index < -0.39 is 36.3 Å². The van der Waals surface area contributed by atoms with Crippen molar-refractivity contribution in [2.24, 2.45) is 23.2 Å². The van der Waals surface area contributed by atoms with Crippen molar-refractivity contribution >= 4 is 29.4 Å². The second-order valence-corrected chi connectivity index (χ2v) is 17.6. The zero-order chi connectivity index (χ0) is 40.4. The number of carbonyl (C=O) groups is 5. The van der Waals surface area contributed by atoms with Gasteiger partial charge in [-0.05, 0) is 81.7 Å². The molecular weight excluding hydrogens is 699 g/mol. The number of nitrogens with one attached hydrogen (secondary N) is 2. The van der Waals surface area contributed by atoms with Crippen molar-refractivity contribution in [1.82, 2.24) is 25.3 Å². The van der Waals surface area contributed by atoms with Crippen molar-refractivity contribution < 1.29 is 33.4 Å². The third-order valence-corrected chi connectivity index (χ3v) is 14.0. The molecule has 55 heavy (non-hydrogen) atoms. The van der Waals surface area contributed by atoms with E-state index in [1.165, 1.54) is 6.92 Å². The van der Waals surface area contributed by atoms with Crippen LogP contribution in [0.2, 0.25) is 0 Å². The topological polar surface area (TPSA) is 138 Å². The largest absolute Gasteiger partial charge is 0.379 e. The average Bonchev–Trinajstić information content (AvgIpc) is 3.96. The van der Waals surface area contributed by atoms with E-state index in [-0.39, 0.29) is 70.7 Å². The van der Waals surface area contributed by atoms with Gasteiger partial charge < -0.3 is 29.9 Å². The Morgan fingerprint density at radius 1 is 0.982 bits per heavy atom. The van der Waals surface area contributed by atoms with Crippen LogP contribution >= 0.6 is 0 Å². The number of Topliss-reactive ketones (excluding diaryl/α,β-unsaturated/α-hetero) is 1. The minimum Gasteiger partial charge on any atom is -0.379 e. The number of piperidine rings is 1. The molecule has 1 aromatic carbocycles. The van der Waals surface area contributed by atoms with E-state index in [1.54, 1.807) is 38.0 Å². The molecule has 306 valence electrons. The van der Waals surface area contributed by atoms with E-state index in [9.17, 15) is 24.0 Å². The maximum absolute atomic E-state index is 14.4. The summed E-state index contributed by atoms with van der Waals surface area (Å²) in [6.45, 7) is 11.8. The molecule has 6 fully saturated rings. The second kappa shape index (κ2) is 17.4. The van der Waals surface area contributed by atoms with Crippen LogP contribution in [0, 0.1) is 23.2 Å². The van der Waals surface area contributed by atoms with Crippen LogP contribution in [-0.2, 0) is 39.9 Å². The van der Waals surface area contributed by atoms with Gasteiger partial charge >= 0.3 is 0 Å². The van der Waals surface area contributed by atoms with Crippen LogP contribution in [0.3, 0.4) is 0 Å². The van der Waals surface area contributed by atoms with Crippen LogP contribution < -0.4 is 10.6 Å². The Labute approximate surface area is 328 Å². The van der Waals surface area contributed by atoms with Gasteiger partial charge in [0, 0.05) is 33.4 Å². The lowest BCUT2D eigenvalue weighted by molar-refractivity contribution is -0.148. The lowest BCUT2D eigenvalue weighted by Gasteiger charge is -2.41. The van der Waals surface area contributed by atoms with Crippen LogP contribution in [0.5, 0.6) is 0 Å². The van der Waals surface area contributed by atoms with E-state index in [4.69, 9.17) is 9.47 Å². The number of rotatable bonds is 19. The Bertz CT molecular complexity index is 1550. The Kier molecular flexibility index (Phi) is 13.6. The normalized spacial score (nSPS) is 28.1. The highest BCUT2D eigenvalue weighted by atomic mass is 16.5. The standard InChI is InChI=1S/C43H67N5O7/c1-11-27(4)36(46(7)41(53)35(26(2)3)45-40(52)38-42-19-20-43(24-42,25-42)47(38)8)33(54-9)23-34(50)48-21-15-18-32(48)37(55-10)28(5)39(51)44-31(29(6)49)22-30-16-13-12-14-17-30/h12-14,16-17,26-28,31-33,35-38H,11,15,18-25H2,1-10H3,(H,44,51)(H,45,52)/t27-,28+,31-,32-,33+,35-,36-,37+,38+,42?,43?/m0/s1. The zero-order valence-corrected chi connectivity index (χ0v) is 34.9. The lowest BCUT2D eigenvalue weighted by Crippen LogP contribution is -2.60. The van der Waals surface area contributed by atoms with Gasteiger partial charge in [-0.1, -0.05) is 71.4 Å². The summed E-state index contributed by atoms with van der Waals surface area (Å²) in [5.41, 5.74) is 1.14. The quantitative estimate of drug-likeness (QED) is 0.216. The van der Waals surface area contributed by atoms with E-state index in [0.717, 1.165) is 44.1 Å². The summed E-state index contributed by atoms with van der Waals surface area (Å²) in [5.74, 6) is -1.61. The molecule has 3 saturated carbocycles. The summed E-state index contributed by atoms with van der Waals surface area (Å²) in [6.07, 6.45) is 5.74. The molecule has 3 saturated heterocycles. The number of amides is 4. The molecule has 3 aliphatic carbocycles. The van der Waals surface area contributed by atoms with Crippen molar-refractivity contribution in [1.29, 1.82) is 0 Å². The van der Waals surface area contributed by atoms with Gasteiger partial charge in [0.2, 0.25) is 23.6 Å². The summed E-state index contributed by atoms with van der Waals surface area (Å²) < 4.78 is 12.0. The van der Waals surface area contributed by atoms with Gasteiger partial charge in [-0.2, -0.15) is 0 Å². The minimum atomic E-state index is -0.718. The molecular formula is C43H67N5O7. The molecule has 0 radical (unpaired) electrons. The van der Waals surface area contributed by atoms with Gasteiger partial charge in [0.05, 0.1) is 48.7 Å². The van der Waals surface area contributed by atoms with Gasteiger partial charge in [0.1, 0.15) is 6.04 Å². The van der Waals surface area contributed by atoms with Crippen molar-refractivity contribution in [3.63, 3.8) is 0 Å². The van der Waals surface area contributed by atoms with Gasteiger partial charge in [0.15, 0.2) is 5.78 Å². The van der Waals surface area contributed by atoms with Crippen LogP contribution in [0.1, 0.15) is 98.5 Å². The molecule has 6 aliphatic rings. The molecule has 3 heterocycles. The number of nitrogens with zero attached hydrogens (tertiary/aromatic N) is 3. The Morgan fingerprint density at radius 2 is 1.65 bits per heavy atom. The van der Waals surface area contributed by atoms with Gasteiger partial charge in [-0.3, -0.25) is 28.9 Å². The third kappa shape index (κ3) is 8.37. The number of likely N-dealkylation sites (N-methyl/N-ethyl adjacent to an activating group) is 2. The Balaban J connectivity index is 1.26. The first kappa shape index (κ1) is 42.8. The van der Waals surface area contributed by atoms with Crippen molar-refractivity contribution in [3.05, 3.63) is 35.9 Å². The van der Waals surface area contributed by atoms with E-state index in [1.807, 2.05) is 44.2 Å². The molecule has 0 unspecified atom stereocenters. The minimum absolute atomic E-state index is 0.00736. The van der Waals surface area contributed by atoms with Gasteiger partial charge in [0.25, 0.3) is 0 Å². The summed E-state index contributed by atoms with van der Waals surface area (Å²) in [5, 5.41) is 6.12. The molecule has 3 aliphatic heterocycles. The number of ketones is 1. The predicted molar refractivity (Wildman–Crippen MR) is 211 cm³/mol. The molecule has 9 atom stereocenters. The molecule has 2 N–H and O–H groups in total. The van der Waals surface area contributed by atoms with Crippen LogP contribution in [0.25, 0.3) is 0 Å². The molecule has 2 bridgehead atoms. The maximum Gasteiger partial charge on any atom is 0.245 e. The summed E-state index contributed by atoms with van der Waals surface area (Å²) in [7, 11) is 6.96. The lowest BCUT2D eigenvalue weighted by atomic mass is 9.67. The Hall–Kier alpha value is -3.35. The first-order chi connectivity index (χ1) is 26.0. The number of carbonyl (C=O) groups excluding carboxylic acids is 5. The highest BCUT2D eigenvalue weighted by molar-refractivity contribution is 5.92. The molecule has 12 nitrogen and oxygen atoms in total. The van der Waals surface area contributed by atoms with E-state index >= 15 is 0 Å². The van der Waals surface area contributed by atoms with Gasteiger partial charge in [-0.25, -0.2) is 0 Å².